The molecule has 0 spiro atoms. The van der Waals surface area contributed by atoms with E-state index in [0.717, 1.165) is 11.3 Å². The highest BCUT2D eigenvalue weighted by Gasteiger charge is 2.21. The van der Waals surface area contributed by atoms with Crippen LogP contribution in [-0.2, 0) is 0 Å². The molecule has 3 aromatic rings. The summed E-state index contributed by atoms with van der Waals surface area (Å²) >= 11 is 0. The van der Waals surface area contributed by atoms with Crippen molar-refractivity contribution < 1.29 is 23.1 Å². The van der Waals surface area contributed by atoms with Crippen molar-refractivity contribution in [1.82, 2.24) is 5.32 Å². The summed E-state index contributed by atoms with van der Waals surface area (Å²) in [6.07, 6.45) is 2.22. The average Bonchev–Trinajstić information content (AvgIpc) is 3.26. The Morgan fingerprint density at radius 3 is 2.64 bits per heavy atom. The number of benzene rings is 2. The van der Waals surface area contributed by atoms with Crippen LogP contribution in [-0.4, -0.2) is 25.7 Å². The second-order valence-electron chi connectivity index (χ2n) is 6.49. The zero-order chi connectivity index (χ0) is 19.3. The minimum Gasteiger partial charge on any atom is -0.486 e. The molecule has 1 amide bonds. The molecule has 1 aliphatic heterocycles. The van der Waals surface area contributed by atoms with Crippen LogP contribution in [0.3, 0.4) is 0 Å². The quantitative estimate of drug-likeness (QED) is 0.697. The standard InChI is InChI=1S/C22H20FNO4/c23-16-8-6-15(7-9-16)17(19-5-2-12-26-19)10-11-24-22(25)18-3-1-4-20-21(18)28-14-13-27-20/h1-9,12,17H,10-11,13-14H2,(H,24,25). The maximum atomic E-state index is 13.3. The molecular formula is C22H20FNO4. The molecule has 5 nitrogen and oxygen atoms in total. The van der Waals surface area contributed by atoms with Crippen LogP contribution in [0.1, 0.15) is 34.0 Å². The van der Waals surface area contributed by atoms with E-state index in [1.165, 1.54) is 12.1 Å². The first-order chi connectivity index (χ1) is 13.7. The maximum absolute atomic E-state index is 13.3. The topological polar surface area (TPSA) is 60.7 Å². The molecule has 4 rings (SSSR count). The van der Waals surface area contributed by atoms with Crippen molar-refractivity contribution in [2.45, 2.75) is 12.3 Å². The minimum absolute atomic E-state index is 0.0832. The second kappa shape index (κ2) is 8.17. The van der Waals surface area contributed by atoms with Gasteiger partial charge in [0.2, 0.25) is 0 Å². The third kappa shape index (κ3) is 3.86. The summed E-state index contributed by atoms with van der Waals surface area (Å²) in [5, 5.41) is 2.93. The van der Waals surface area contributed by atoms with Crippen LogP contribution in [0.2, 0.25) is 0 Å². The Balaban J connectivity index is 1.45. The lowest BCUT2D eigenvalue weighted by atomic mass is 9.93. The van der Waals surface area contributed by atoms with Gasteiger partial charge in [0.05, 0.1) is 11.8 Å². The monoisotopic (exact) mass is 381 g/mol. The van der Waals surface area contributed by atoms with Crippen molar-refractivity contribution in [1.29, 1.82) is 0 Å². The molecule has 0 saturated heterocycles. The van der Waals surface area contributed by atoms with Crippen molar-refractivity contribution in [3.05, 3.63) is 83.6 Å². The largest absolute Gasteiger partial charge is 0.486 e. The van der Waals surface area contributed by atoms with Gasteiger partial charge in [0.1, 0.15) is 24.8 Å². The van der Waals surface area contributed by atoms with Crippen molar-refractivity contribution >= 4 is 5.91 Å². The number of fused-ring (bicyclic) bond motifs is 1. The third-order valence-corrected chi connectivity index (χ3v) is 4.69. The normalized spacial score (nSPS) is 13.8. The molecule has 0 fully saturated rings. The van der Waals surface area contributed by atoms with Gasteiger partial charge < -0.3 is 19.2 Å². The smallest absolute Gasteiger partial charge is 0.255 e. The van der Waals surface area contributed by atoms with Gasteiger partial charge in [0, 0.05) is 12.5 Å². The molecule has 6 heteroatoms. The average molecular weight is 381 g/mol. The Hall–Kier alpha value is -3.28. The Bertz CT molecular complexity index is 938. The summed E-state index contributed by atoms with van der Waals surface area (Å²) in [6, 6.07) is 15.3. The summed E-state index contributed by atoms with van der Waals surface area (Å²) in [5.74, 6) is 1.24. The lowest BCUT2D eigenvalue weighted by molar-refractivity contribution is 0.0941. The predicted molar refractivity (Wildman–Crippen MR) is 101 cm³/mol. The highest BCUT2D eigenvalue weighted by Crippen LogP contribution is 2.33. The zero-order valence-electron chi connectivity index (χ0n) is 15.2. The van der Waals surface area contributed by atoms with Gasteiger partial charge in [-0.15, -0.1) is 0 Å². The van der Waals surface area contributed by atoms with E-state index in [1.807, 2.05) is 12.1 Å². The van der Waals surface area contributed by atoms with E-state index in [-0.39, 0.29) is 17.6 Å². The summed E-state index contributed by atoms with van der Waals surface area (Å²) in [4.78, 5) is 12.6. The molecule has 1 aliphatic rings. The number of nitrogens with one attached hydrogen (secondary N) is 1. The van der Waals surface area contributed by atoms with E-state index in [0.29, 0.717) is 43.2 Å². The van der Waals surface area contributed by atoms with E-state index < -0.39 is 0 Å². The molecule has 0 radical (unpaired) electrons. The van der Waals surface area contributed by atoms with Gasteiger partial charge in [0.15, 0.2) is 11.5 Å². The van der Waals surface area contributed by atoms with Gasteiger partial charge in [0.25, 0.3) is 5.91 Å². The number of carbonyl (C=O) groups excluding carboxylic acids is 1. The van der Waals surface area contributed by atoms with E-state index in [2.05, 4.69) is 5.32 Å². The Kier molecular flexibility index (Phi) is 5.28. The van der Waals surface area contributed by atoms with E-state index in [1.54, 1.807) is 36.6 Å². The molecule has 0 aliphatic carbocycles. The summed E-state index contributed by atoms with van der Waals surface area (Å²) in [6.45, 7) is 1.31. The van der Waals surface area contributed by atoms with Crippen LogP contribution >= 0.6 is 0 Å². The lowest BCUT2D eigenvalue weighted by Crippen LogP contribution is -2.27. The number of furan rings is 1. The fourth-order valence-corrected chi connectivity index (χ4v) is 3.34. The number of hydrogen-bond acceptors (Lipinski definition) is 4. The van der Waals surface area contributed by atoms with Gasteiger partial charge in [-0.2, -0.15) is 0 Å². The van der Waals surface area contributed by atoms with Gasteiger partial charge >= 0.3 is 0 Å². The molecule has 28 heavy (non-hydrogen) atoms. The number of para-hydroxylation sites is 1. The number of hydrogen-bond donors (Lipinski definition) is 1. The first kappa shape index (κ1) is 18.1. The predicted octanol–water partition coefficient (Wildman–Crippen LogP) is 4.14. The van der Waals surface area contributed by atoms with Crippen LogP contribution in [0.25, 0.3) is 0 Å². The lowest BCUT2D eigenvalue weighted by Gasteiger charge is -2.21. The van der Waals surface area contributed by atoms with Crippen LogP contribution in [0, 0.1) is 5.82 Å². The molecule has 1 aromatic heterocycles. The SMILES string of the molecule is O=C(NCCC(c1ccc(F)cc1)c1ccco1)c1cccc2c1OCCO2. The molecule has 0 bridgehead atoms. The van der Waals surface area contributed by atoms with Crippen molar-refractivity contribution in [3.8, 4) is 11.5 Å². The summed E-state index contributed by atoms with van der Waals surface area (Å²) in [7, 11) is 0. The Morgan fingerprint density at radius 1 is 1.04 bits per heavy atom. The molecular weight excluding hydrogens is 361 g/mol. The van der Waals surface area contributed by atoms with E-state index in [9.17, 15) is 9.18 Å². The summed E-state index contributed by atoms with van der Waals surface area (Å²) in [5.41, 5.74) is 1.38. The van der Waals surface area contributed by atoms with E-state index in [4.69, 9.17) is 13.9 Å². The maximum Gasteiger partial charge on any atom is 0.255 e. The van der Waals surface area contributed by atoms with Gasteiger partial charge in [-0.3, -0.25) is 4.79 Å². The third-order valence-electron chi connectivity index (χ3n) is 4.69. The van der Waals surface area contributed by atoms with Crippen LogP contribution in [0.15, 0.2) is 65.3 Å². The van der Waals surface area contributed by atoms with Gasteiger partial charge in [-0.25, -0.2) is 4.39 Å². The van der Waals surface area contributed by atoms with Crippen molar-refractivity contribution in [2.24, 2.45) is 0 Å². The second-order valence-corrected chi connectivity index (χ2v) is 6.49. The molecule has 2 heterocycles. The van der Waals surface area contributed by atoms with Crippen LogP contribution < -0.4 is 14.8 Å². The van der Waals surface area contributed by atoms with Gasteiger partial charge in [-0.05, 0) is 48.4 Å². The van der Waals surface area contributed by atoms with Crippen LogP contribution in [0.5, 0.6) is 11.5 Å². The summed E-state index contributed by atoms with van der Waals surface area (Å²) < 4.78 is 30.0. The molecule has 1 N–H and O–H groups in total. The highest BCUT2D eigenvalue weighted by atomic mass is 19.1. The molecule has 0 saturated carbocycles. The number of ether oxygens (including phenoxy) is 2. The molecule has 1 unspecified atom stereocenters. The van der Waals surface area contributed by atoms with Crippen molar-refractivity contribution in [3.63, 3.8) is 0 Å². The zero-order valence-corrected chi connectivity index (χ0v) is 15.2. The Labute approximate surface area is 162 Å². The van der Waals surface area contributed by atoms with Crippen LogP contribution in [0.4, 0.5) is 4.39 Å². The molecule has 2 aromatic carbocycles. The van der Waals surface area contributed by atoms with Gasteiger partial charge in [-0.1, -0.05) is 18.2 Å². The number of carbonyl (C=O) groups is 1. The first-order valence-electron chi connectivity index (χ1n) is 9.18. The highest BCUT2D eigenvalue weighted by molar-refractivity contribution is 5.97. The van der Waals surface area contributed by atoms with E-state index >= 15 is 0 Å². The number of rotatable bonds is 6. The Morgan fingerprint density at radius 2 is 1.86 bits per heavy atom. The number of halogens is 1. The number of amides is 1. The fourth-order valence-electron chi connectivity index (χ4n) is 3.34. The molecule has 1 atom stereocenters. The first-order valence-corrected chi connectivity index (χ1v) is 9.18. The minimum atomic E-state index is -0.286. The molecule has 144 valence electrons. The fraction of sp³-hybridized carbons (Fsp3) is 0.227. The van der Waals surface area contributed by atoms with Crippen molar-refractivity contribution in [2.75, 3.05) is 19.8 Å².